The number of sulfonamides is 1. The molecule has 1 atom stereocenters. The molecule has 3 nitrogen and oxygen atoms in total. The highest BCUT2D eigenvalue weighted by Gasteiger charge is 2.27. The predicted octanol–water partition coefficient (Wildman–Crippen LogP) is 1.40. The second-order valence-electron chi connectivity index (χ2n) is 2.91. The summed E-state index contributed by atoms with van der Waals surface area (Å²) in [6.45, 7) is 1.30. The van der Waals surface area contributed by atoms with Gasteiger partial charge in [-0.15, -0.1) is 0 Å². The van der Waals surface area contributed by atoms with Crippen LogP contribution < -0.4 is 5.14 Å². The number of rotatable bonds is 4. The molecule has 0 aliphatic rings. The second-order valence-corrected chi connectivity index (χ2v) is 4.89. The van der Waals surface area contributed by atoms with Crippen molar-refractivity contribution < 1.29 is 21.6 Å². The monoisotopic (exact) mass is 219 g/mol. The molecule has 0 bridgehead atoms. The summed E-state index contributed by atoms with van der Waals surface area (Å²) in [5.41, 5.74) is 0. The standard InChI is InChI=1S/C6H12F3NO2S/c1-5(13(10,11)12)3-2-4-6(7,8)9/h5H,2-4H2,1H3,(H2,10,11,12). The molecule has 2 N–H and O–H groups in total. The Hall–Kier alpha value is -0.300. The van der Waals surface area contributed by atoms with Gasteiger partial charge in [0.05, 0.1) is 5.25 Å². The number of primary sulfonamides is 1. The minimum Gasteiger partial charge on any atom is -0.228 e. The Labute approximate surface area is 75.2 Å². The summed E-state index contributed by atoms with van der Waals surface area (Å²) >= 11 is 0. The van der Waals surface area contributed by atoms with Gasteiger partial charge in [-0.3, -0.25) is 0 Å². The number of hydrogen-bond donors (Lipinski definition) is 1. The summed E-state index contributed by atoms with van der Waals surface area (Å²) in [6, 6.07) is 0. The van der Waals surface area contributed by atoms with Crippen LogP contribution in [0.3, 0.4) is 0 Å². The summed E-state index contributed by atoms with van der Waals surface area (Å²) in [7, 11) is -3.69. The Morgan fingerprint density at radius 3 is 2.15 bits per heavy atom. The molecule has 0 radical (unpaired) electrons. The van der Waals surface area contributed by atoms with Crippen molar-refractivity contribution in [2.45, 2.75) is 37.6 Å². The van der Waals surface area contributed by atoms with Gasteiger partial charge in [0, 0.05) is 6.42 Å². The molecule has 0 saturated heterocycles. The fourth-order valence-electron chi connectivity index (χ4n) is 0.754. The molecular formula is C6H12F3NO2S. The fraction of sp³-hybridized carbons (Fsp3) is 1.00. The number of alkyl halides is 3. The highest BCUT2D eigenvalue weighted by molar-refractivity contribution is 7.89. The normalized spacial score (nSPS) is 15.8. The van der Waals surface area contributed by atoms with Gasteiger partial charge in [-0.2, -0.15) is 13.2 Å². The lowest BCUT2D eigenvalue weighted by Crippen LogP contribution is -2.26. The minimum absolute atomic E-state index is 0.0572. The van der Waals surface area contributed by atoms with E-state index in [4.69, 9.17) is 5.14 Å². The first kappa shape index (κ1) is 12.7. The zero-order valence-corrected chi connectivity index (χ0v) is 7.95. The van der Waals surface area contributed by atoms with Crippen molar-refractivity contribution in [2.24, 2.45) is 5.14 Å². The van der Waals surface area contributed by atoms with Gasteiger partial charge in [0.15, 0.2) is 0 Å². The third kappa shape index (κ3) is 6.83. The zero-order chi connectivity index (χ0) is 10.7. The van der Waals surface area contributed by atoms with Gasteiger partial charge in [0.2, 0.25) is 10.0 Å². The largest absolute Gasteiger partial charge is 0.389 e. The van der Waals surface area contributed by atoms with Crippen LogP contribution >= 0.6 is 0 Å². The highest BCUT2D eigenvalue weighted by atomic mass is 32.2. The molecule has 0 aromatic heterocycles. The molecule has 0 aromatic rings. The number of nitrogens with two attached hydrogens (primary N) is 1. The van der Waals surface area contributed by atoms with Gasteiger partial charge in [0.25, 0.3) is 0 Å². The van der Waals surface area contributed by atoms with Gasteiger partial charge < -0.3 is 0 Å². The molecule has 0 aliphatic carbocycles. The third-order valence-corrected chi connectivity index (χ3v) is 2.99. The maximum absolute atomic E-state index is 11.6. The van der Waals surface area contributed by atoms with Crippen LogP contribution in [-0.4, -0.2) is 19.8 Å². The highest BCUT2D eigenvalue weighted by Crippen LogP contribution is 2.23. The maximum atomic E-state index is 11.6. The van der Waals surface area contributed by atoms with Crippen LogP contribution in [0.1, 0.15) is 26.2 Å². The topological polar surface area (TPSA) is 60.2 Å². The Morgan fingerprint density at radius 1 is 1.38 bits per heavy atom. The summed E-state index contributed by atoms with van der Waals surface area (Å²) in [6.07, 6.45) is -5.45. The molecule has 0 saturated carbocycles. The maximum Gasteiger partial charge on any atom is 0.389 e. The van der Waals surface area contributed by atoms with E-state index in [1.807, 2.05) is 0 Å². The average Bonchev–Trinajstić information content (AvgIpc) is 1.82. The van der Waals surface area contributed by atoms with Gasteiger partial charge in [0.1, 0.15) is 0 Å². The number of halogens is 3. The first-order valence-corrected chi connectivity index (χ1v) is 5.32. The van der Waals surface area contributed by atoms with Crippen LogP contribution in [0.5, 0.6) is 0 Å². The van der Waals surface area contributed by atoms with Crippen LogP contribution in [0.4, 0.5) is 13.2 Å². The minimum atomic E-state index is -4.22. The molecule has 7 heteroatoms. The molecule has 0 rings (SSSR count). The lowest BCUT2D eigenvalue weighted by atomic mass is 10.2. The Bertz CT molecular complexity index is 247. The van der Waals surface area contributed by atoms with E-state index >= 15 is 0 Å². The first-order chi connectivity index (χ1) is 5.63. The van der Waals surface area contributed by atoms with E-state index < -0.39 is 27.9 Å². The zero-order valence-electron chi connectivity index (χ0n) is 7.13. The third-order valence-electron chi connectivity index (χ3n) is 1.63. The SMILES string of the molecule is CC(CCCC(F)(F)F)S(N)(=O)=O. The van der Waals surface area contributed by atoms with E-state index in [2.05, 4.69) is 0 Å². The Balaban J connectivity index is 3.80. The van der Waals surface area contributed by atoms with Crippen molar-refractivity contribution in [1.82, 2.24) is 0 Å². The molecule has 0 spiro atoms. The molecule has 13 heavy (non-hydrogen) atoms. The van der Waals surface area contributed by atoms with Crippen LogP contribution in [0.25, 0.3) is 0 Å². The van der Waals surface area contributed by atoms with Crippen molar-refractivity contribution in [3.8, 4) is 0 Å². The summed E-state index contributed by atoms with van der Waals surface area (Å²) in [5.74, 6) is 0. The van der Waals surface area contributed by atoms with Crippen molar-refractivity contribution in [1.29, 1.82) is 0 Å². The Kier molecular flexibility index (Phi) is 4.18. The molecule has 80 valence electrons. The fourth-order valence-corrected chi connectivity index (χ4v) is 1.25. The van der Waals surface area contributed by atoms with Crippen LogP contribution in [0.15, 0.2) is 0 Å². The van der Waals surface area contributed by atoms with Gasteiger partial charge >= 0.3 is 6.18 Å². The second kappa shape index (κ2) is 4.28. The number of hydrogen-bond acceptors (Lipinski definition) is 2. The Morgan fingerprint density at radius 2 is 1.85 bits per heavy atom. The van der Waals surface area contributed by atoms with E-state index in [0.717, 1.165) is 0 Å². The van der Waals surface area contributed by atoms with E-state index in [1.54, 1.807) is 0 Å². The predicted molar refractivity (Wildman–Crippen MR) is 42.5 cm³/mol. The molecular weight excluding hydrogens is 207 g/mol. The van der Waals surface area contributed by atoms with Crippen molar-refractivity contribution in [3.63, 3.8) is 0 Å². The van der Waals surface area contributed by atoms with E-state index in [9.17, 15) is 21.6 Å². The van der Waals surface area contributed by atoms with Crippen LogP contribution in [0.2, 0.25) is 0 Å². The van der Waals surface area contributed by atoms with Gasteiger partial charge in [-0.1, -0.05) is 0 Å². The van der Waals surface area contributed by atoms with Gasteiger partial charge in [-0.25, -0.2) is 13.6 Å². The average molecular weight is 219 g/mol. The quantitative estimate of drug-likeness (QED) is 0.776. The molecule has 0 aromatic carbocycles. The molecule has 0 fully saturated rings. The van der Waals surface area contributed by atoms with Gasteiger partial charge in [-0.05, 0) is 19.8 Å². The first-order valence-electron chi connectivity index (χ1n) is 3.71. The molecule has 0 heterocycles. The smallest absolute Gasteiger partial charge is 0.228 e. The lowest BCUT2D eigenvalue weighted by molar-refractivity contribution is -0.135. The molecule has 1 unspecified atom stereocenters. The molecule has 0 aliphatic heterocycles. The summed E-state index contributed by atoms with van der Waals surface area (Å²) in [5, 5.41) is 3.81. The molecule has 0 amide bonds. The van der Waals surface area contributed by atoms with Crippen molar-refractivity contribution in [2.75, 3.05) is 0 Å². The lowest BCUT2D eigenvalue weighted by Gasteiger charge is -2.09. The van der Waals surface area contributed by atoms with Crippen molar-refractivity contribution in [3.05, 3.63) is 0 Å². The summed E-state index contributed by atoms with van der Waals surface area (Å²) < 4.78 is 56.0. The van der Waals surface area contributed by atoms with E-state index in [1.165, 1.54) is 6.92 Å². The summed E-state index contributed by atoms with van der Waals surface area (Å²) in [4.78, 5) is 0. The van der Waals surface area contributed by atoms with E-state index in [-0.39, 0.29) is 12.8 Å². The van der Waals surface area contributed by atoms with Crippen LogP contribution in [-0.2, 0) is 10.0 Å². The van der Waals surface area contributed by atoms with E-state index in [0.29, 0.717) is 0 Å². The van der Waals surface area contributed by atoms with Crippen LogP contribution in [0, 0.1) is 0 Å². The van der Waals surface area contributed by atoms with Crippen molar-refractivity contribution >= 4 is 10.0 Å².